The van der Waals surface area contributed by atoms with Gasteiger partial charge in [0.2, 0.25) is 0 Å². The number of aldehydes is 2. The van der Waals surface area contributed by atoms with Gasteiger partial charge in [-0.3, -0.25) is 9.69 Å². The molecule has 2 rings (SSSR count). The Hall–Kier alpha value is -1.97. The highest BCUT2D eigenvalue weighted by atomic mass is 28.4. The molecule has 0 bridgehead atoms. The second-order valence-corrected chi connectivity index (χ2v) is 39.3. The average molecular weight is 1100 g/mol. The summed E-state index contributed by atoms with van der Waals surface area (Å²) in [5.41, 5.74) is 1.22. The molecule has 0 amide bonds. The smallest absolute Gasteiger partial charge is 0.192 e. The Morgan fingerprint density at radius 2 is 1.04 bits per heavy atom. The van der Waals surface area contributed by atoms with Gasteiger partial charge in [0.1, 0.15) is 17.5 Å². The summed E-state index contributed by atoms with van der Waals surface area (Å²) in [4.78, 5) is 22.5. The Morgan fingerprint density at radius 3 is 1.30 bits per heavy atom. The van der Waals surface area contributed by atoms with Crippen LogP contribution in [0.4, 0.5) is 0 Å². The minimum atomic E-state index is -1.93. The molecule has 1 fully saturated rings. The molecule has 1 heterocycles. The van der Waals surface area contributed by atoms with Gasteiger partial charge in [0.05, 0.1) is 56.4 Å². The van der Waals surface area contributed by atoms with Gasteiger partial charge < -0.3 is 48.3 Å². The summed E-state index contributed by atoms with van der Waals surface area (Å²) in [5, 5.41) is 48.4. The fraction of sp³-hybridized carbons (Fsp3) is 0.763. The van der Waals surface area contributed by atoms with Crippen LogP contribution in [0.2, 0.25) is 54.4 Å². The van der Waals surface area contributed by atoms with Crippen molar-refractivity contribution in [2.24, 2.45) is 0 Å². The van der Waals surface area contributed by atoms with Crippen LogP contribution in [0.15, 0.2) is 66.8 Å². The zero-order chi connectivity index (χ0) is 59.5. The number of aliphatic hydroxyl groups is 5. The zero-order valence-corrected chi connectivity index (χ0v) is 55.1. The molecule has 1 saturated heterocycles. The molecular formula is C59H117NO11Si3. The van der Waals surface area contributed by atoms with Gasteiger partial charge in [0.15, 0.2) is 31.2 Å². The van der Waals surface area contributed by atoms with Gasteiger partial charge in [-0.15, -0.1) is 0 Å². The number of hydrogen-bond donors (Lipinski definition) is 5. The molecule has 0 saturated carbocycles. The van der Waals surface area contributed by atoms with E-state index in [1.807, 2.05) is 52.8 Å². The van der Waals surface area contributed by atoms with Crippen molar-refractivity contribution < 1.29 is 53.1 Å². The third-order valence-electron chi connectivity index (χ3n) is 14.5. The third kappa shape index (κ3) is 30.8. The van der Waals surface area contributed by atoms with Crippen LogP contribution in [-0.2, 0) is 27.6 Å². The number of allylic oxidation sites excluding steroid dienone is 1. The first-order valence-corrected chi connectivity index (χ1v) is 35.7. The van der Waals surface area contributed by atoms with Gasteiger partial charge in [-0.25, -0.2) is 0 Å². The fourth-order valence-corrected chi connectivity index (χ4v) is 10.6. The normalized spacial score (nSPS) is 17.6. The van der Waals surface area contributed by atoms with Gasteiger partial charge in [0.25, 0.3) is 0 Å². The number of nitrogens with zero attached hydrogens (tertiary/aromatic N) is 1. The monoisotopic (exact) mass is 1100 g/mol. The third-order valence-corrected chi connectivity index (χ3v) is 27.9. The van der Waals surface area contributed by atoms with Crippen LogP contribution in [-0.4, -0.2) is 143 Å². The number of rotatable bonds is 20. The molecule has 74 heavy (non-hydrogen) atoms. The van der Waals surface area contributed by atoms with Gasteiger partial charge in [0, 0.05) is 13.1 Å². The molecule has 15 heteroatoms. The molecule has 1 aliphatic rings. The number of carbonyl (C=O) groups is 2. The lowest BCUT2D eigenvalue weighted by atomic mass is 9.99. The van der Waals surface area contributed by atoms with E-state index in [9.17, 15) is 30.0 Å². The molecule has 8 atom stereocenters. The van der Waals surface area contributed by atoms with Crippen molar-refractivity contribution in [1.82, 2.24) is 4.90 Å². The first-order valence-electron chi connectivity index (χ1n) is 27.0. The maximum Gasteiger partial charge on any atom is 0.192 e. The Balaban J connectivity index is -0.000000411. The van der Waals surface area contributed by atoms with Crippen LogP contribution >= 0.6 is 0 Å². The standard InChI is InChI=1S/C13H19NO2.C12H28O3Si.C12H26O3Si.C12H26OSi.C6H12O.C4H6O/c1-11(15)13(12-5-3-2-4-6-12)14-7-9-16-10-8-14;2*1-8-10(12(5,14)9-13)15-16(6,7)11(2,3)4;1-9-11(10(2)3)13-14(7,8)12(4,5)6;1-4-6(7)5(2)3;1-4(2)3-5/h2-6,11,13,15H,7-10H2,1H3;10,13-14H,8-9H2,1-7H3;9-10,14H,8H2,1-7H3;11H,2,9H2,1,3-8H3;6-7H,2,4H2,1,3H3;3H,1H2,2H3/t11-,13-;2*10-,12+;11-;6-;/m11111./s1. The van der Waals surface area contributed by atoms with Crippen LogP contribution in [0.5, 0.6) is 0 Å². The van der Waals surface area contributed by atoms with Crippen LogP contribution in [0.1, 0.15) is 169 Å². The van der Waals surface area contributed by atoms with E-state index in [1.54, 1.807) is 13.8 Å². The lowest BCUT2D eigenvalue weighted by Gasteiger charge is -2.42. The highest BCUT2D eigenvalue weighted by molar-refractivity contribution is 6.75. The Morgan fingerprint density at radius 1 is 0.662 bits per heavy atom. The lowest BCUT2D eigenvalue weighted by Crippen LogP contribution is -2.52. The molecule has 0 aliphatic carbocycles. The predicted octanol–water partition coefficient (Wildman–Crippen LogP) is 13.2. The van der Waals surface area contributed by atoms with Crippen LogP contribution in [0.25, 0.3) is 0 Å². The van der Waals surface area contributed by atoms with E-state index in [0.717, 1.165) is 56.6 Å². The molecule has 12 nitrogen and oxygen atoms in total. The molecule has 0 spiro atoms. The van der Waals surface area contributed by atoms with Crippen molar-refractivity contribution in [3.8, 4) is 0 Å². The van der Waals surface area contributed by atoms with Gasteiger partial charge >= 0.3 is 0 Å². The number of hydrogen-bond acceptors (Lipinski definition) is 12. The molecule has 436 valence electrons. The predicted molar refractivity (Wildman–Crippen MR) is 322 cm³/mol. The van der Waals surface area contributed by atoms with Crippen molar-refractivity contribution in [2.75, 3.05) is 32.9 Å². The molecule has 5 N–H and O–H groups in total. The maximum atomic E-state index is 10.8. The summed E-state index contributed by atoms with van der Waals surface area (Å²) < 4.78 is 23.8. The van der Waals surface area contributed by atoms with E-state index < -0.39 is 42.3 Å². The average Bonchev–Trinajstić information content (AvgIpc) is 3.29. The van der Waals surface area contributed by atoms with Crippen LogP contribution in [0.3, 0.4) is 0 Å². The van der Waals surface area contributed by atoms with Crippen molar-refractivity contribution in [1.29, 1.82) is 0 Å². The van der Waals surface area contributed by atoms with E-state index in [2.05, 4.69) is 152 Å². The number of aliphatic hydroxyl groups excluding tert-OH is 3. The molecule has 1 aliphatic heterocycles. The second-order valence-electron chi connectivity index (χ2n) is 25.0. The summed E-state index contributed by atoms with van der Waals surface area (Å²) in [7, 11) is -5.43. The quantitative estimate of drug-likeness (QED) is 0.0362. The second kappa shape index (κ2) is 35.5. The van der Waals surface area contributed by atoms with Crippen molar-refractivity contribution in [3.63, 3.8) is 0 Å². The zero-order valence-electron chi connectivity index (χ0n) is 52.1. The van der Waals surface area contributed by atoms with E-state index >= 15 is 0 Å². The van der Waals surface area contributed by atoms with Crippen molar-refractivity contribution in [2.45, 2.75) is 259 Å². The first-order chi connectivity index (χ1) is 33.3. The van der Waals surface area contributed by atoms with Crippen molar-refractivity contribution in [3.05, 3.63) is 72.4 Å². The van der Waals surface area contributed by atoms with Gasteiger partial charge in [-0.2, -0.15) is 0 Å². The molecular weight excluding hydrogens is 983 g/mol. The fourth-order valence-electron chi connectivity index (χ4n) is 6.22. The number of carbonyl (C=O) groups excluding carboxylic acids is 2. The molecule has 1 aromatic carbocycles. The SMILES string of the molecule is C=C(C)C=O.C=C(C)[C@@H](CC)O[Si](C)(C)C(C)(C)C.C=C(C)[C@H](O)CC.CC[C@@H](O[Si](C)(C)C(C)(C)C)[C@@](C)(O)C=O.CC[C@@H](O[Si](C)(C)C(C)(C)C)[C@@](C)(O)CO.C[C@@H](O)[C@H](c1ccccc1)N1CCOCC1. The maximum absolute atomic E-state index is 10.8. The van der Waals surface area contributed by atoms with E-state index in [0.29, 0.717) is 24.7 Å². The summed E-state index contributed by atoms with van der Waals surface area (Å²) >= 11 is 0. The van der Waals surface area contributed by atoms with E-state index in [1.165, 1.54) is 12.5 Å². The molecule has 0 aromatic heterocycles. The number of benzene rings is 1. The van der Waals surface area contributed by atoms with Crippen molar-refractivity contribution >= 4 is 37.5 Å². The summed E-state index contributed by atoms with van der Waals surface area (Å²) in [6, 6.07) is 10.3. The first kappa shape index (κ1) is 78.5. The topological polar surface area (TPSA) is 175 Å². The highest BCUT2D eigenvalue weighted by Crippen LogP contribution is 2.41. The van der Waals surface area contributed by atoms with Crippen LogP contribution in [0, 0.1) is 0 Å². The molecule has 0 unspecified atom stereocenters. The molecule has 1 aromatic rings. The minimum Gasteiger partial charge on any atom is -0.411 e. The van der Waals surface area contributed by atoms with Gasteiger partial charge in [-0.1, -0.05) is 151 Å². The Kier molecular flexibility index (Phi) is 37.7. The highest BCUT2D eigenvalue weighted by Gasteiger charge is 2.44. The summed E-state index contributed by atoms with van der Waals surface area (Å²) in [5.74, 6) is 0. The number of ether oxygens (including phenoxy) is 1. The molecule has 0 radical (unpaired) electrons. The Bertz CT molecular complexity index is 1710. The van der Waals surface area contributed by atoms with Crippen LogP contribution < -0.4 is 0 Å². The summed E-state index contributed by atoms with van der Waals surface area (Å²) in [6.07, 6.45) is 3.34. The van der Waals surface area contributed by atoms with E-state index in [-0.39, 0.29) is 52.2 Å². The number of morpholine rings is 1. The van der Waals surface area contributed by atoms with E-state index in [4.69, 9.17) is 23.1 Å². The Labute approximate surface area is 458 Å². The largest absolute Gasteiger partial charge is 0.411 e. The lowest BCUT2D eigenvalue weighted by molar-refractivity contribution is -0.132. The van der Waals surface area contributed by atoms with Gasteiger partial charge in [-0.05, 0) is 133 Å². The summed E-state index contributed by atoms with van der Waals surface area (Å²) in [6.45, 7) is 65.3. The minimum absolute atomic E-state index is 0.0827.